The molecule has 0 N–H and O–H groups in total. The summed E-state index contributed by atoms with van der Waals surface area (Å²) in [6, 6.07) is 4.48. The topological polar surface area (TPSA) is 36.3 Å². The molecule has 0 unspecified atom stereocenters. The Hall–Kier alpha value is -1.49. The number of hydrogen-bond acceptors (Lipinski definition) is 3. The fraction of sp³-hybridized carbons (Fsp3) is 0.654. The van der Waals surface area contributed by atoms with Gasteiger partial charge in [0, 0.05) is 23.6 Å². The summed E-state index contributed by atoms with van der Waals surface area (Å²) in [7, 11) is 0. The van der Waals surface area contributed by atoms with E-state index in [0.717, 1.165) is 53.0 Å². The highest BCUT2D eigenvalue weighted by molar-refractivity contribution is 9.09. The van der Waals surface area contributed by atoms with Crippen LogP contribution in [0.4, 0.5) is 0 Å². The summed E-state index contributed by atoms with van der Waals surface area (Å²) in [5, 5.41) is 5.83. The number of aryl methyl sites for hydroxylation is 1. The van der Waals surface area contributed by atoms with Crippen LogP contribution in [0, 0.1) is 0 Å². The van der Waals surface area contributed by atoms with Crippen molar-refractivity contribution in [2.24, 2.45) is 0 Å². The average molecular weight is 492 g/mol. The van der Waals surface area contributed by atoms with E-state index in [9.17, 15) is 0 Å². The SMILES string of the molecule is CCCCCCC(C)(C)c1cc(OCCCBr)c2c(c1)OC(C)(C)c1cn(CC)nc1-2. The molecule has 1 aliphatic rings. The van der Waals surface area contributed by atoms with E-state index in [2.05, 4.69) is 75.8 Å². The number of rotatable bonds is 11. The second-order valence-corrected chi connectivity index (χ2v) is 10.6. The molecule has 2 heterocycles. The van der Waals surface area contributed by atoms with Crippen molar-refractivity contribution in [2.75, 3.05) is 11.9 Å². The molecule has 4 nitrogen and oxygen atoms in total. The van der Waals surface area contributed by atoms with Crippen LogP contribution in [-0.4, -0.2) is 21.7 Å². The van der Waals surface area contributed by atoms with Gasteiger partial charge in [0.2, 0.25) is 0 Å². The Morgan fingerprint density at radius 2 is 1.90 bits per heavy atom. The number of benzene rings is 1. The molecule has 0 saturated heterocycles. The molecule has 0 amide bonds. The highest BCUT2D eigenvalue weighted by atomic mass is 79.9. The summed E-state index contributed by atoms with van der Waals surface area (Å²) in [6.45, 7) is 14.8. The van der Waals surface area contributed by atoms with Crippen molar-refractivity contribution in [2.45, 2.75) is 97.6 Å². The molecule has 0 bridgehead atoms. The third-order valence-electron chi connectivity index (χ3n) is 6.37. The van der Waals surface area contributed by atoms with Gasteiger partial charge in [0.15, 0.2) is 0 Å². The fourth-order valence-corrected chi connectivity index (χ4v) is 4.55. The van der Waals surface area contributed by atoms with Crippen LogP contribution in [0.25, 0.3) is 11.3 Å². The zero-order chi connectivity index (χ0) is 22.6. The van der Waals surface area contributed by atoms with Crippen molar-refractivity contribution >= 4 is 15.9 Å². The first kappa shape index (κ1) is 24.2. The molecule has 0 spiro atoms. The van der Waals surface area contributed by atoms with E-state index in [1.165, 1.54) is 31.2 Å². The van der Waals surface area contributed by atoms with E-state index in [0.29, 0.717) is 6.61 Å². The maximum atomic E-state index is 6.59. The molecule has 172 valence electrons. The average Bonchev–Trinajstić information content (AvgIpc) is 3.16. The maximum Gasteiger partial charge on any atom is 0.134 e. The maximum absolute atomic E-state index is 6.59. The molecule has 31 heavy (non-hydrogen) atoms. The van der Waals surface area contributed by atoms with Gasteiger partial charge in [-0.3, -0.25) is 4.68 Å². The Balaban J connectivity index is 2.05. The van der Waals surface area contributed by atoms with Crippen molar-refractivity contribution in [1.29, 1.82) is 0 Å². The zero-order valence-electron chi connectivity index (χ0n) is 20.2. The lowest BCUT2D eigenvalue weighted by Gasteiger charge is -2.35. The van der Waals surface area contributed by atoms with E-state index in [1.54, 1.807) is 0 Å². The molecule has 1 aliphatic heterocycles. The van der Waals surface area contributed by atoms with Gasteiger partial charge in [-0.05, 0) is 56.7 Å². The first-order valence-corrected chi connectivity index (χ1v) is 13.0. The summed E-state index contributed by atoms with van der Waals surface area (Å²) < 4.78 is 14.9. The molecule has 1 aromatic carbocycles. The minimum atomic E-state index is -0.424. The Bertz CT molecular complexity index is 886. The predicted octanol–water partition coefficient (Wildman–Crippen LogP) is 7.61. The summed E-state index contributed by atoms with van der Waals surface area (Å²) in [6.07, 6.45) is 9.34. The molecule has 1 aromatic heterocycles. The highest BCUT2D eigenvalue weighted by Gasteiger charge is 2.38. The van der Waals surface area contributed by atoms with Crippen LogP contribution in [0.3, 0.4) is 0 Å². The van der Waals surface area contributed by atoms with Gasteiger partial charge in [-0.1, -0.05) is 62.4 Å². The number of hydrogen-bond donors (Lipinski definition) is 0. The van der Waals surface area contributed by atoms with Crippen LogP contribution in [0.2, 0.25) is 0 Å². The molecule has 0 atom stereocenters. The van der Waals surface area contributed by atoms with Crippen molar-refractivity contribution in [1.82, 2.24) is 9.78 Å². The first-order chi connectivity index (χ1) is 14.7. The van der Waals surface area contributed by atoms with Crippen LogP contribution in [-0.2, 0) is 17.6 Å². The molecule has 2 aromatic rings. The minimum absolute atomic E-state index is 0.0624. The van der Waals surface area contributed by atoms with E-state index in [1.807, 2.05) is 4.68 Å². The number of halogens is 1. The van der Waals surface area contributed by atoms with Gasteiger partial charge >= 0.3 is 0 Å². The largest absolute Gasteiger partial charge is 0.493 e. The van der Waals surface area contributed by atoms with Crippen LogP contribution >= 0.6 is 15.9 Å². The van der Waals surface area contributed by atoms with Gasteiger partial charge < -0.3 is 9.47 Å². The molecular weight excluding hydrogens is 452 g/mol. The second kappa shape index (κ2) is 9.97. The van der Waals surface area contributed by atoms with Gasteiger partial charge in [-0.25, -0.2) is 0 Å². The molecule has 0 fully saturated rings. The predicted molar refractivity (Wildman–Crippen MR) is 133 cm³/mol. The summed E-state index contributed by atoms with van der Waals surface area (Å²) >= 11 is 3.52. The Morgan fingerprint density at radius 3 is 2.58 bits per heavy atom. The molecular formula is C26H39BrN2O2. The number of unbranched alkanes of at least 4 members (excludes halogenated alkanes) is 3. The lowest BCUT2D eigenvalue weighted by molar-refractivity contribution is 0.105. The van der Waals surface area contributed by atoms with E-state index in [4.69, 9.17) is 14.6 Å². The van der Waals surface area contributed by atoms with Gasteiger partial charge in [-0.15, -0.1) is 0 Å². The number of alkyl halides is 1. The van der Waals surface area contributed by atoms with E-state index < -0.39 is 5.60 Å². The summed E-state index contributed by atoms with van der Waals surface area (Å²) in [5.74, 6) is 1.79. The van der Waals surface area contributed by atoms with Crippen LogP contribution in [0.1, 0.15) is 91.2 Å². The lowest BCUT2D eigenvalue weighted by atomic mass is 9.78. The van der Waals surface area contributed by atoms with E-state index >= 15 is 0 Å². The molecule has 0 aliphatic carbocycles. The summed E-state index contributed by atoms with van der Waals surface area (Å²) in [5.41, 5.74) is 4.04. The van der Waals surface area contributed by atoms with Crippen LogP contribution < -0.4 is 9.47 Å². The third kappa shape index (κ3) is 5.30. The summed E-state index contributed by atoms with van der Waals surface area (Å²) in [4.78, 5) is 0. The van der Waals surface area contributed by atoms with Crippen molar-refractivity contribution < 1.29 is 9.47 Å². The van der Waals surface area contributed by atoms with E-state index in [-0.39, 0.29) is 5.41 Å². The van der Waals surface area contributed by atoms with Crippen LogP contribution in [0.15, 0.2) is 18.3 Å². The van der Waals surface area contributed by atoms with Gasteiger partial charge in [0.1, 0.15) is 22.8 Å². The minimum Gasteiger partial charge on any atom is -0.493 e. The second-order valence-electron chi connectivity index (χ2n) is 9.79. The van der Waals surface area contributed by atoms with Crippen molar-refractivity contribution in [3.63, 3.8) is 0 Å². The Morgan fingerprint density at radius 1 is 1.13 bits per heavy atom. The van der Waals surface area contributed by atoms with Gasteiger partial charge in [0.25, 0.3) is 0 Å². The molecule has 0 saturated carbocycles. The third-order valence-corrected chi connectivity index (χ3v) is 6.94. The van der Waals surface area contributed by atoms with Crippen molar-refractivity contribution in [3.05, 3.63) is 29.5 Å². The number of nitrogens with zero attached hydrogens (tertiary/aromatic N) is 2. The zero-order valence-corrected chi connectivity index (χ0v) is 21.8. The van der Waals surface area contributed by atoms with Crippen molar-refractivity contribution in [3.8, 4) is 22.8 Å². The Labute approximate surface area is 196 Å². The standard InChI is InChI=1S/C26H39BrN2O2/c1-7-9-10-11-13-25(3,4)19-16-21(30-15-12-14-27)23-22(17-19)31-26(5,6)20-18-29(8-2)28-24(20)23/h16-18H,7-15H2,1-6H3. The van der Waals surface area contributed by atoms with Gasteiger partial charge in [0.05, 0.1) is 12.2 Å². The number of fused-ring (bicyclic) bond motifs is 3. The Kier molecular flexibility index (Phi) is 7.77. The quantitative estimate of drug-likeness (QED) is 0.240. The normalized spacial score (nSPS) is 14.7. The van der Waals surface area contributed by atoms with Crippen LogP contribution in [0.5, 0.6) is 11.5 Å². The highest BCUT2D eigenvalue weighted by Crippen LogP contribution is 2.50. The molecule has 0 radical (unpaired) electrons. The lowest BCUT2D eigenvalue weighted by Crippen LogP contribution is -2.29. The first-order valence-electron chi connectivity index (χ1n) is 11.9. The van der Waals surface area contributed by atoms with Gasteiger partial charge in [-0.2, -0.15) is 5.10 Å². The smallest absolute Gasteiger partial charge is 0.134 e. The number of ether oxygens (including phenoxy) is 2. The molecule has 3 rings (SSSR count). The number of aromatic nitrogens is 2. The molecule has 5 heteroatoms. The fourth-order valence-electron chi connectivity index (χ4n) is 4.32. The monoisotopic (exact) mass is 490 g/mol.